The maximum absolute atomic E-state index is 12.9. The van der Waals surface area contributed by atoms with Crippen LogP contribution in [-0.4, -0.2) is 51.4 Å². The van der Waals surface area contributed by atoms with Crippen LogP contribution in [0.2, 0.25) is 0 Å². The summed E-state index contributed by atoms with van der Waals surface area (Å²) in [5.41, 5.74) is 2.79. The molecular formula is C20H25BrN3O3S+. The molecule has 2 N–H and O–H groups in total. The highest BCUT2D eigenvalue weighted by Gasteiger charge is 2.31. The van der Waals surface area contributed by atoms with E-state index in [4.69, 9.17) is 0 Å². The number of hydrogen-bond acceptors (Lipinski definition) is 3. The topological polar surface area (TPSA) is 70.9 Å². The van der Waals surface area contributed by atoms with Gasteiger partial charge in [0.2, 0.25) is 10.0 Å². The fourth-order valence-electron chi connectivity index (χ4n) is 3.24. The van der Waals surface area contributed by atoms with E-state index in [2.05, 4.69) is 21.2 Å². The summed E-state index contributed by atoms with van der Waals surface area (Å²) in [5, 5.41) is 2.89. The number of aryl methyl sites for hydroxylation is 2. The molecule has 6 nitrogen and oxygen atoms in total. The largest absolute Gasteiger partial charge is 0.325 e. The molecular weight excluding hydrogens is 442 g/mol. The Kier molecular flexibility index (Phi) is 6.54. The second-order valence-corrected chi connectivity index (χ2v) is 9.99. The number of hydrogen-bond donors (Lipinski definition) is 2. The summed E-state index contributed by atoms with van der Waals surface area (Å²) >= 11 is 3.38. The Morgan fingerprint density at radius 3 is 2.46 bits per heavy atom. The number of carbonyl (C=O) groups excluding carboxylic acids is 1. The van der Waals surface area contributed by atoms with Crippen LogP contribution < -0.4 is 10.2 Å². The second-order valence-electron chi connectivity index (χ2n) is 7.14. The Balaban J connectivity index is 1.56. The van der Waals surface area contributed by atoms with E-state index in [1.807, 2.05) is 44.2 Å². The number of anilines is 1. The van der Waals surface area contributed by atoms with E-state index < -0.39 is 10.0 Å². The zero-order chi connectivity index (χ0) is 20.3. The van der Waals surface area contributed by atoms with E-state index in [-0.39, 0.29) is 5.91 Å². The van der Waals surface area contributed by atoms with Crippen molar-refractivity contribution in [3.63, 3.8) is 0 Å². The molecule has 1 amide bonds. The van der Waals surface area contributed by atoms with Gasteiger partial charge in [-0.05, 0) is 55.3 Å². The lowest BCUT2D eigenvalue weighted by Crippen LogP contribution is -3.15. The van der Waals surface area contributed by atoms with Crippen molar-refractivity contribution < 1.29 is 18.1 Å². The standard InChI is InChI=1S/C20H24BrN3O3S/c1-15-6-7-19(12-16(15)2)28(26,27)24-10-8-23(9-11-24)14-20(25)22-18-5-3-4-17(21)13-18/h3-7,12-13H,8-11,14H2,1-2H3,(H,22,25)/p+1. The monoisotopic (exact) mass is 466 g/mol. The second kappa shape index (κ2) is 8.73. The SMILES string of the molecule is Cc1ccc(S(=O)(=O)N2CC[NH+](CC(=O)Nc3cccc(Br)c3)CC2)cc1C. The van der Waals surface area contributed by atoms with Crippen LogP contribution in [0.15, 0.2) is 51.8 Å². The minimum Gasteiger partial charge on any atom is -0.325 e. The molecule has 1 fully saturated rings. The molecule has 0 aromatic heterocycles. The van der Waals surface area contributed by atoms with Crippen LogP contribution in [-0.2, 0) is 14.8 Å². The first-order chi connectivity index (χ1) is 13.3. The molecule has 150 valence electrons. The average Bonchev–Trinajstić information content (AvgIpc) is 2.64. The lowest BCUT2D eigenvalue weighted by molar-refractivity contribution is -0.895. The molecule has 28 heavy (non-hydrogen) atoms. The Hall–Kier alpha value is -1.74. The molecule has 0 unspecified atom stereocenters. The zero-order valence-corrected chi connectivity index (χ0v) is 18.4. The van der Waals surface area contributed by atoms with Gasteiger partial charge in [0, 0.05) is 10.2 Å². The van der Waals surface area contributed by atoms with Gasteiger partial charge in [0.15, 0.2) is 6.54 Å². The van der Waals surface area contributed by atoms with E-state index in [0.29, 0.717) is 37.6 Å². The van der Waals surface area contributed by atoms with Gasteiger partial charge in [0.05, 0.1) is 31.1 Å². The fraction of sp³-hybridized carbons (Fsp3) is 0.350. The van der Waals surface area contributed by atoms with E-state index >= 15 is 0 Å². The zero-order valence-electron chi connectivity index (χ0n) is 16.0. The first kappa shape index (κ1) is 21.0. The van der Waals surface area contributed by atoms with Gasteiger partial charge in [-0.1, -0.05) is 28.1 Å². The fourth-order valence-corrected chi connectivity index (χ4v) is 5.17. The highest BCUT2D eigenvalue weighted by Crippen LogP contribution is 2.19. The number of sulfonamides is 1. The number of piperazine rings is 1. The van der Waals surface area contributed by atoms with Crippen LogP contribution in [0.1, 0.15) is 11.1 Å². The molecule has 3 rings (SSSR count). The van der Waals surface area contributed by atoms with Crippen LogP contribution in [0.5, 0.6) is 0 Å². The minimum atomic E-state index is -3.49. The summed E-state index contributed by atoms with van der Waals surface area (Å²) < 4.78 is 28.2. The van der Waals surface area contributed by atoms with Crippen LogP contribution in [0.3, 0.4) is 0 Å². The van der Waals surface area contributed by atoms with Crippen LogP contribution >= 0.6 is 15.9 Å². The number of halogens is 1. The molecule has 0 aliphatic carbocycles. The third kappa shape index (κ3) is 5.00. The van der Waals surface area contributed by atoms with Crippen molar-refractivity contribution in [2.24, 2.45) is 0 Å². The summed E-state index contributed by atoms with van der Waals surface area (Å²) in [4.78, 5) is 13.7. The van der Waals surface area contributed by atoms with Crippen LogP contribution in [0, 0.1) is 13.8 Å². The molecule has 1 aliphatic rings. The molecule has 8 heteroatoms. The van der Waals surface area contributed by atoms with Gasteiger partial charge in [-0.2, -0.15) is 4.31 Å². The normalized spacial score (nSPS) is 16.1. The van der Waals surface area contributed by atoms with Gasteiger partial charge in [-0.3, -0.25) is 4.79 Å². The molecule has 0 radical (unpaired) electrons. The number of rotatable bonds is 5. The van der Waals surface area contributed by atoms with Crippen molar-refractivity contribution in [2.45, 2.75) is 18.7 Å². The number of benzene rings is 2. The van der Waals surface area contributed by atoms with Crippen LogP contribution in [0.25, 0.3) is 0 Å². The van der Waals surface area contributed by atoms with Gasteiger partial charge < -0.3 is 10.2 Å². The number of carbonyl (C=O) groups is 1. The maximum Gasteiger partial charge on any atom is 0.279 e. The number of nitrogens with zero attached hydrogens (tertiary/aromatic N) is 1. The third-order valence-corrected chi connectivity index (χ3v) is 7.45. The maximum atomic E-state index is 12.9. The van der Waals surface area contributed by atoms with Crippen molar-refractivity contribution in [1.29, 1.82) is 0 Å². The number of nitrogens with one attached hydrogen (secondary N) is 2. The smallest absolute Gasteiger partial charge is 0.279 e. The molecule has 2 aromatic rings. The van der Waals surface area contributed by atoms with Crippen molar-refractivity contribution >= 4 is 37.5 Å². The number of quaternary nitrogens is 1. The van der Waals surface area contributed by atoms with Gasteiger partial charge in [-0.15, -0.1) is 0 Å². The molecule has 0 bridgehead atoms. The molecule has 0 spiro atoms. The highest BCUT2D eigenvalue weighted by molar-refractivity contribution is 9.10. The Bertz CT molecular complexity index is 970. The molecule has 1 aliphatic heterocycles. The average molecular weight is 467 g/mol. The third-order valence-electron chi connectivity index (χ3n) is 5.06. The minimum absolute atomic E-state index is 0.0708. The van der Waals surface area contributed by atoms with Gasteiger partial charge in [-0.25, -0.2) is 8.42 Å². The van der Waals surface area contributed by atoms with Crippen molar-refractivity contribution in [2.75, 3.05) is 38.0 Å². The van der Waals surface area contributed by atoms with E-state index in [1.165, 1.54) is 4.31 Å². The van der Waals surface area contributed by atoms with E-state index in [9.17, 15) is 13.2 Å². The van der Waals surface area contributed by atoms with Crippen molar-refractivity contribution in [1.82, 2.24) is 4.31 Å². The van der Waals surface area contributed by atoms with Crippen molar-refractivity contribution in [3.05, 3.63) is 58.1 Å². The lowest BCUT2D eigenvalue weighted by Gasteiger charge is -2.31. The van der Waals surface area contributed by atoms with Crippen LogP contribution in [0.4, 0.5) is 5.69 Å². The lowest BCUT2D eigenvalue weighted by atomic mass is 10.1. The Labute approximate surface area is 174 Å². The quantitative estimate of drug-likeness (QED) is 0.702. The van der Waals surface area contributed by atoms with E-state index in [1.54, 1.807) is 12.1 Å². The first-order valence-electron chi connectivity index (χ1n) is 9.22. The van der Waals surface area contributed by atoms with Gasteiger partial charge >= 0.3 is 0 Å². The first-order valence-corrected chi connectivity index (χ1v) is 11.5. The van der Waals surface area contributed by atoms with E-state index in [0.717, 1.165) is 26.2 Å². The molecule has 1 heterocycles. The van der Waals surface area contributed by atoms with Gasteiger partial charge in [0.25, 0.3) is 5.91 Å². The molecule has 1 saturated heterocycles. The number of amides is 1. The Morgan fingerprint density at radius 2 is 1.82 bits per heavy atom. The summed E-state index contributed by atoms with van der Waals surface area (Å²) in [6.07, 6.45) is 0. The summed E-state index contributed by atoms with van der Waals surface area (Å²) in [6, 6.07) is 12.7. The molecule has 2 aromatic carbocycles. The Morgan fingerprint density at radius 1 is 1.11 bits per heavy atom. The van der Waals surface area contributed by atoms with Gasteiger partial charge in [0.1, 0.15) is 0 Å². The predicted octanol–water partition coefficient (Wildman–Crippen LogP) is 1.59. The van der Waals surface area contributed by atoms with Crippen molar-refractivity contribution in [3.8, 4) is 0 Å². The highest BCUT2D eigenvalue weighted by atomic mass is 79.9. The summed E-state index contributed by atoms with van der Waals surface area (Å²) in [6.45, 7) is 6.24. The molecule has 0 atom stereocenters. The molecule has 0 saturated carbocycles. The summed E-state index contributed by atoms with van der Waals surface area (Å²) in [5.74, 6) is -0.0708. The predicted molar refractivity (Wildman–Crippen MR) is 113 cm³/mol. The summed E-state index contributed by atoms with van der Waals surface area (Å²) in [7, 11) is -3.49.